The third-order valence-corrected chi connectivity index (χ3v) is 7.82. The second-order valence-corrected chi connectivity index (χ2v) is 8.77. The molecule has 0 spiro atoms. The fourth-order valence-electron chi connectivity index (χ4n) is 6.38. The summed E-state index contributed by atoms with van der Waals surface area (Å²) in [7, 11) is 4.19. The van der Waals surface area contributed by atoms with Crippen LogP contribution in [0.3, 0.4) is 0 Å². The largest absolute Gasteiger partial charge is 0.389 e. The third-order valence-electron chi connectivity index (χ3n) is 7.82. The van der Waals surface area contributed by atoms with E-state index < -0.39 is 0 Å². The lowest BCUT2D eigenvalue weighted by atomic mass is 9.52. The smallest absolute Gasteiger partial charge is 0.0758 e. The summed E-state index contributed by atoms with van der Waals surface area (Å²) >= 11 is 0. The summed E-state index contributed by atoms with van der Waals surface area (Å²) in [6.07, 6.45) is 12.3. The number of aliphatic hydroxyl groups excluding tert-OH is 1. The lowest BCUT2D eigenvalue weighted by Gasteiger charge is -2.54. The van der Waals surface area contributed by atoms with Gasteiger partial charge in [0.05, 0.1) is 6.10 Å². The lowest BCUT2D eigenvalue weighted by molar-refractivity contribution is 0.100. The Kier molecular flexibility index (Phi) is 3.74. The van der Waals surface area contributed by atoms with Gasteiger partial charge < -0.3 is 15.7 Å². The van der Waals surface area contributed by atoms with E-state index >= 15 is 0 Å². The van der Waals surface area contributed by atoms with E-state index in [0.29, 0.717) is 23.3 Å². The van der Waals surface area contributed by atoms with Crippen LogP contribution < -0.4 is 10.6 Å². The molecular weight excluding hydrogens is 296 g/mol. The van der Waals surface area contributed by atoms with Crippen LogP contribution in [0.2, 0.25) is 0 Å². The monoisotopic (exact) mass is 328 g/mol. The van der Waals surface area contributed by atoms with Gasteiger partial charge in [0.2, 0.25) is 0 Å². The number of rotatable bonds is 2. The molecule has 3 N–H and O–H groups in total. The van der Waals surface area contributed by atoms with Gasteiger partial charge in [0.25, 0.3) is 0 Å². The quantitative estimate of drug-likeness (QED) is 0.682. The van der Waals surface area contributed by atoms with Crippen molar-refractivity contribution in [2.45, 2.75) is 58.1 Å². The number of likely N-dealkylation sites (N-methyl/N-ethyl adjacent to an activating group) is 1. The Hall–Kier alpha value is -1.06. The fourth-order valence-corrected chi connectivity index (χ4v) is 6.38. The van der Waals surface area contributed by atoms with E-state index in [-0.39, 0.29) is 11.5 Å². The average molecular weight is 329 g/mol. The molecule has 0 aromatic carbocycles. The van der Waals surface area contributed by atoms with Crippen LogP contribution in [-0.4, -0.2) is 31.3 Å². The Balaban J connectivity index is 1.83. The Labute approximate surface area is 146 Å². The van der Waals surface area contributed by atoms with Gasteiger partial charge in [0, 0.05) is 24.2 Å². The molecule has 3 nitrogen and oxygen atoms in total. The summed E-state index contributed by atoms with van der Waals surface area (Å²) < 4.78 is 0. The summed E-state index contributed by atoms with van der Waals surface area (Å²) in [6, 6.07) is 0.635. The molecule has 6 atom stereocenters. The van der Waals surface area contributed by atoms with E-state index in [1.807, 2.05) is 6.08 Å². The van der Waals surface area contributed by atoms with Gasteiger partial charge >= 0.3 is 0 Å². The highest BCUT2D eigenvalue weighted by molar-refractivity contribution is 5.47. The number of nitrogens with one attached hydrogen (secondary N) is 2. The maximum atomic E-state index is 10.1. The van der Waals surface area contributed by atoms with Gasteiger partial charge in [-0.05, 0) is 68.1 Å². The summed E-state index contributed by atoms with van der Waals surface area (Å²) in [6.45, 7) is 4.90. The van der Waals surface area contributed by atoms with Gasteiger partial charge in [-0.2, -0.15) is 0 Å². The van der Waals surface area contributed by atoms with Gasteiger partial charge in [-0.3, -0.25) is 0 Å². The molecule has 2 unspecified atom stereocenters. The van der Waals surface area contributed by atoms with E-state index in [1.165, 1.54) is 37.0 Å². The van der Waals surface area contributed by atoms with E-state index in [2.05, 4.69) is 50.7 Å². The number of hydrogen-bond acceptors (Lipinski definition) is 3. The molecule has 4 aliphatic carbocycles. The molecule has 0 radical (unpaired) electrons. The van der Waals surface area contributed by atoms with Gasteiger partial charge in [-0.25, -0.2) is 0 Å². The predicted molar refractivity (Wildman–Crippen MR) is 98.4 cm³/mol. The highest BCUT2D eigenvalue weighted by Crippen LogP contribution is 2.63. The average Bonchev–Trinajstić information content (AvgIpc) is 2.91. The Morgan fingerprint density at radius 1 is 1.12 bits per heavy atom. The van der Waals surface area contributed by atoms with Crippen LogP contribution in [0.4, 0.5) is 0 Å². The minimum atomic E-state index is -0.321. The molecule has 2 saturated carbocycles. The van der Waals surface area contributed by atoms with Crippen molar-refractivity contribution in [1.29, 1.82) is 0 Å². The van der Waals surface area contributed by atoms with Crippen LogP contribution in [0.5, 0.6) is 0 Å². The molecule has 2 fully saturated rings. The Morgan fingerprint density at radius 3 is 2.62 bits per heavy atom. The Morgan fingerprint density at radius 2 is 1.92 bits per heavy atom. The molecule has 24 heavy (non-hydrogen) atoms. The molecular formula is C21H32N2O. The van der Waals surface area contributed by atoms with Crippen LogP contribution in [0, 0.1) is 22.7 Å². The maximum absolute atomic E-state index is 10.1. The fraction of sp³-hybridized carbons (Fsp3) is 0.714. The van der Waals surface area contributed by atoms with Crippen LogP contribution in [0.1, 0.15) is 46.0 Å². The van der Waals surface area contributed by atoms with Crippen LogP contribution in [0.25, 0.3) is 0 Å². The summed E-state index contributed by atoms with van der Waals surface area (Å²) in [5.74, 6) is 1.25. The van der Waals surface area contributed by atoms with Crippen molar-refractivity contribution in [3.63, 3.8) is 0 Å². The Bertz CT molecular complexity index is 634. The van der Waals surface area contributed by atoms with Crippen LogP contribution >= 0.6 is 0 Å². The second-order valence-electron chi connectivity index (χ2n) is 8.77. The first-order valence-electron chi connectivity index (χ1n) is 9.61. The minimum Gasteiger partial charge on any atom is -0.389 e. The molecule has 0 amide bonds. The zero-order chi connectivity index (χ0) is 17.1. The maximum Gasteiger partial charge on any atom is 0.0758 e. The van der Waals surface area contributed by atoms with Crippen molar-refractivity contribution in [3.8, 4) is 0 Å². The van der Waals surface area contributed by atoms with E-state index in [4.69, 9.17) is 0 Å². The topological polar surface area (TPSA) is 44.3 Å². The number of allylic oxidation sites excluding steroid dienone is 3. The molecule has 3 heteroatoms. The van der Waals surface area contributed by atoms with Gasteiger partial charge in [0.15, 0.2) is 0 Å². The molecule has 4 rings (SSSR count). The molecule has 0 bridgehead atoms. The molecule has 0 aromatic heterocycles. The second kappa shape index (κ2) is 5.47. The standard InChI is InChI=1S/C21H32N2O/c1-20-9-7-14(24)11-13(20)12-17(22-3)19-15-5-6-18(23-4)21(15,2)10-8-16(19)20/h7,9,12,14-16,18,22-24H,5-6,8,10-11H2,1-4H3/t14?,15-,16+,18?,20-,21-/m0/s1. The number of fused-ring (bicyclic) bond motifs is 5. The SMILES string of the molecule is CNC1=C2[C@@H](CC[C@]3(C)C(NC)CC[C@@H]23)[C@@]2(C)C=CC(O)CC2=C1. The summed E-state index contributed by atoms with van der Waals surface area (Å²) in [5.41, 5.74) is 4.87. The third kappa shape index (κ3) is 2.04. The van der Waals surface area contributed by atoms with E-state index in [9.17, 15) is 5.11 Å². The first-order chi connectivity index (χ1) is 11.4. The molecule has 0 saturated heterocycles. The van der Waals surface area contributed by atoms with Gasteiger partial charge in [-0.15, -0.1) is 0 Å². The number of aliphatic hydroxyl groups is 1. The first-order valence-corrected chi connectivity index (χ1v) is 9.61. The highest BCUT2D eigenvalue weighted by atomic mass is 16.3. The van der Waals surface area contributed by atoms with Crippen molar-refractivity contribution < 1.29 is 5.11 Å². The molecule has 0 aliphatic heterocycles. The van der Waals surface area contributed by atoms with Crippen LogP contribution in [-0.2, 0) is 0 Å². The van der Waals surface area contributed by atoms with E-state index in [1.54, 1.807) is 5.57 Å². The van der Waals surface area contributed by atoms with E-state index in [0.717, 1.165) is 6.42 Å². The first kappa shape index (κ1) is 16.4. The number of hydrogen-bond donors (Lipinski definition) is 3. The molecule has 4 aliphatic rings. The molecule has 132 valence electrons. The molecule has 0 aromatic rings. The van der Waals surface area contributed by atoms with Crippen LogP contribution in [0.15, 0.2) is 35.1 Å². The van der Waals surface area contributed by atoms with Crippen molar-refractivity contribution in [3.05, 3.63) is 35.1 Å². The zero-order valence-electron chi connectivity index (χ0n) is 15.5. The minimum absolute atomic E-state index is 0.0912. The zero-order valence-corrected chi connectivity index (χ0v) is 15.5. The van der Waals surface area contributed by atoms with Crippen molar-refractivity contribution in [2.24, 2.45) is 22.7 Å². The summed E-state index contributed by atoms with van der Waals surface area (Å²) in [5, 5.41) is 17.2. The summed E-state index contributed by atoms with van der Waals surface area (Å²) in [4.78, 5) is 0. The van der Waals surface area contributed by atoms with Crippen molar-refractivity contribution >= 4 is 0 Å². The van der Waals surface area contributed by atoms with Crippen molar-refractivity contribution in [1.82, 2.24) is 10.6 Å². The molecule has 0 heterocycles. The lowest BCUT2D eigenvalue weighted by Crippen LogP contribution is -2.49. The highest BCUT2D eigenvalue weighted by Gasteiger charge is 2.56. The van der Waals surface area contributed by atoms with Crippen molar-refractivity contribution in [2.75, 3.05) is 14.1 Å². The van der Waals surface area contributed by atoms with Gasteiger partial charge in [-0.1, -0.05) is 31.6 Å². The normalized spacial score (nSPS) is 47.0. The predicted octanol–water partition coefficient (Wildman–Crippen LogP) is 3.14. The van der Waals surface area contributed by atoms with Gasteiger partial charge in [0.1, 0.15) is 0 Å².